The lowest BCUT2D eigenvalue weighted by Gasteiger charge is -2.25. The number of carbonyl (C=O) groups is 1. The van der Waals surface area contributed by atoms with Crippen molar-refractivity contribution in [1.29, 1.82) is 0 Å². The van der Waals surface area contributed by atoms with Crippen molar-refractivity contribution in [3.05, 3.63) is 41.2 Å². The van der Waals surface area contributed by atoms with Crippen LogP contribution >= 0.6 is 23.1 Å². The summed E-state index contributed by atoms with van der Waals surface area (Å²) in [6.07, 6.45) is 5.13. The average molecular weight is 486 g/mol. The average Bonchev–Trinajstić information content (AvgIpc) is 3.47. The zero-order chi connectivity index (χ0) is 22.8. The quantitative estimate of drug-likeness (QED) is 0.309. The van der Waals surface area contributed by atoms with E-state index in [1.54, 1.807) is 28.8 Å². The molecule has 3 aromatic rings. The Morgan fingerprint density at radius 2 is 2.03 bits per heavy atom. The molecule has 0 spiro atoms. The van der Waals surface area contributed by atoms with Gasteiger partial charge in [0.05, 0.1) is 5.75 Å². The van der Waals surface area contributed by atoms with Gasteiger partial charge < -0.3 is 19.7 Å². The molecule has 5 rings (SSSR count). The van der Waals surface area contributed by atoms with Gasteiger partial charge in [0.2, 0.25) is 12.7 Å². The van der Waals surface area contributed by atoms with Crippen LogP contribution in [0.4, 0.5) is 10.8 Å². The number of aromatic nitrogens is 3. The second-order valence-corrected chi connectivity index (χ2v) is 9.62. The van der Waals surface area contributed by atoms with Crippen LogP contribution in [-0.2, 0) is 11.3 Å². The summed E-state index contributed by atoms with van der Waals surface area (Å²) >= 11 is 2.59. The second-order valence-electron chi connectivity index (χ2n) is 7.70. The molecule has 2 aliphatic heterocycles. The number of thiazole rings is 1. The number of thioether (sulfide) groups is 1. The van der Waals surface area contributed by atoms with E-state index in [1.165, 1.54) is 29.5 Å². The van der Waals surface area contributed by atoms with Crippen molar-refractivity contribution in [2.75, 3.05) is 35.9 Å². The maximum Gasteiger partial charge on any atom is 0.274 e. The van der Waals surface area contributed by atoms with Gasteiger partial charge in [-0.25, -0.2) is 4.98 Å². The lowest BCUT2D eigenvalue weighted by atomic mass is 10.1. The Bertz CT molecular complexity index is 1270. The zero-order valence-electron chi connectivity index (χ0n) is 17.9. The fraction of sp³-hybridized carbons (Fsp3) is 0.364. The smallest absolute Gasteiger partial charge is 0.274 e. The van der Waals surface area contributed by atoms with Crippen LogP contribution in [0.5, 0.6) is 11.5 Å². The predicted octanol–water partition coefficient (Wildman–Crippen LogP) is 3.49. The van der Waals surface area contributed by atoms with Gasteiger partial charge in [0.25, 0.3) is 5.56 Å². The van der Waals surface area contributed by atoms with E-state index >= 15 is 0 Å². The Labute approximate surface area is 198 Å². The number of hydrogen-bond donors (Lipinski definition) is 1. The molecule has 0 aliphatic carbocycles. The van der Waals surface area contributed by atoms with Crippen molar-refractivity contribution in [3.63, 3.8) is 0 Å². The molecule has 2 aliphatic rings. The minimum atomic E-state index is -0.217. The van der Waals surface area contributed by atoms with Crippen LogP contribution in [0.3, 0.4) is 0 Å². The standard InChI is InChI=1S/C22H23N5O4S2/c1-2-8-27-20(29)18-19(24-21(33-18)26-9-4-3-5-10-26)25-22(27)32-12-17(28)23-14-6-7-15-16(11-14)31-13-30-15/h2,6-7,11H,1,3-5,8-10,12-13H2,(H,23,28). The summed E-state index contributed by atoms with van der Waals surface area (Å²) in [6.45, 7) is 6.14. The fourth-order valence-corrected chi connectivity index (χ4v) is 5.60. The third kappa shape index (κ3) is 4.55. The number of amides is 1. The first-order valence-electron chi connectivity index (χ1n) is 10.7. The zero-order valence-corrected chi connectivity index (χ0v) is 19.5. The molecule has 11 heteroatoms. The van der Waals surface area contributed by atoms with E-state index in [9.17, 15) is 9.59 Å². The fourth-order valence-electron chi connectivity index (χ4n) is 3.80. The summed E-state index contributed by atoms with van der Waals surface area (Å²) in [6, 6.07) is 5.23. The molecule has 0 saturated carbocycles. The molecule has 0 unspecified atom stereocenters. The van der Waals surface area contributed by atoms with Crippen LogP contribution in [0.25, 0.3) is 10.3 Å². The predicted molar refractivity (Wildman–Crippen MR) is 130 cm³/mol. The van der Waals surface area contributed by atoms with Crippen LogP contribution in [0, 0.1) is 0 Å². The number of allylic oxidation sites excluding steroid dienone is 1. The van der Waals surface area contributed by atoms with Crippen LogP contribution in [0.15, 0.2) is 40.8 Å². The Morgan fingerprint density at radius 3 is 2.85 bits per heavy atom. The monoisotopic (exact) mass is 485 g/mol. The van der Waals surface area contributed by atoms with Crippen molar-refractivity contribution in [3.8, 4) is 11.5 Å². The third-order valence-electron chi connectivity index (χ3n) is 5.40. The molecule has 1 aromatic carbocycles. The van der Waals surface area contributed by atoms with E-state index in [0.717, 1.165) is 31.1 Å². The summed E-state index contributed by atoms with van der Waals surface area (Å²) < 4.78 is 12.7. The van der Waals surface area contributed by atoms with E-state index in [2.05, 4.69) is 26.8 Å². The largest absolute Gasteiger partial charge is 0.454 e. The van der Waals surface area contributed by atoms with Gasteiger partial charge >= 0.3 is 0 Å². The Kier molecular flexibility index (Phi) is 6.23. The third-order valence-corrected chi connectivity index (χ3v) is 7.47. The molecule has 0 bridgehead atoms. The Morgan fingerprint density at radius 1 is 1.21 bits per heavy atom. The van der Waals surface area contributed by atoms with Gasteiger partial charge in [0, 0.05) is 31.4 Å². The summed E-state index contributed by atoms with van der Waals surface area (Å²) in [5.41, 5.74) is 0.895. The first-order valence-corrected chi connectivity index (χ1v) is 12.5. The number of ether oxygens (including phenoxy) is 2. The van der Waals surface area contributed by atoms with Gasteiger partial charge in [0.15, 0.2) is 27.4 Å². The van der Waals surface area contributed by atoms with Gasteiger partial charge in [0.1, 0.15) is 4.70 Å². The molecule has 0 atom stereocenters. The van der Waals surface area contributed by atoms with E-state index in [-0.39, 0.29) is 24.0 Å². The first-order chi connectivity index (χ1) is 16.1. The minimum Gasteiger partial charge on any atom is -0.454 e. The maximum atomic E-state index is 13.2. The minimum absolute atomic E-state index is 0.0899. The highest BCUT2D eigenvalue weighted by Crippen LogP contribution is 2.34. The molecule has 1 amide bonds. The van der Waals surface area contributed by atoms with Crippen LogP contribution in [-0.4, -0.2) is 46.1 Å². The number of nitrogens with zero attached hydrogens (tertiary/aromatic N) is 4. The number of fused-ring (bicyclic) bond motifs is 2. The van der Waals surface area contributed by atoms with Crippen molar-refractivity contribution in [2.24, 2.45) is 0 Å². The number of anilines is 2. The Hall–Kier alpha value is -3.05. The number of rotatable bonds is 7. The van der Waals surface area contributed by atoms with Gasteiger partial charge in [-0.1, -0.05) is 29.2 Å². The highest BCUT2D eigenvalue weighted by Gasteiger charge is 2.20. The number of hydrogen-bond acceptors (Lipinski definition) is 9. The van der Waals surface area contributed by atoms with Crippen molar-refractivity contribution in [2.45, 2.75) is 31.0 Å². The molecular weight excluding hydrogens is 462 g/mol. The van der Waals surface area contributed by atoms with Gasteiger partial charge in [-0.05, 0) is 31.4 Å². The van der Waals surface area contributed by atoms with E-state index in [4.69, 9.17) is 9.47 Å². The van der Waals surface area contributed by atoms with Crippen LogP contribution < -0.4 is 25.2 Å². The molecule has 1 N–H and O–H groups in total. The molecule has 9 nitrogen and oxygen atoms in total. The van der Waals surface area contributed by atoms with Gasteiger partial charge in [-0.3, -0.25) is 14.2 Å². The molecule has 1 saturated heterocycles. The SMILES string of the molecule is C=CCn1c(SCC(=O)Nc2ccc3c(c2)OCO3)nc2nc(N3CCCCC3)sc2c1=O. The molecule has 4 heterocycles. The topological polar surface area (TPSA) is 98.6 Å². The lowest BCUT2D eigenvalue weighted by molar-refractivity contribution is -0.113. The molecule has 172 valence electrons. The lowest BCUT2D eigenvalue weighted by Crippen LogP contribution is -2.29. The second kappa shape index (κ2) is 9.44. The number of benzene rings is 1. The van der Waals surface area contributed by atoms with E-state index < -0.39 is 0 Å². The molecule has 1 fully saturated rings. The highest BCUT2D eigenvalue weighted by atomic mass is 32.2. The number of nitrogens with one attached hydrogen (secondary N) is 1. The summed E-state index contributed by atoms with van der Waals surface area (Å²) in [7, 11) is 0. The van der Waals surface area contributed by atoms with Gasteiger partial charge in [-0.2, -0.15) is 4.98 Å². The van der Waals surface area contributed by atoms with E-state index in [1.807, 2.05) is 0 Å². The molecule has 33 heavy (non-hydrogen) atoms. The van der Waals surface area contributed by atoms with Crippen LogP contribution in [0.1, 0.15) is 19.3 Å². The number of carbonyl (C=O) groups excluding carboxylic acids is 1. The summed E-state index contributed by atoms with van der Waals surface area (Å²) in [5.74, 6) is 1.12. The van der Waals surface area contributed by atoms with Gasteiger partial charge in [-0.15, -0.1) is 6.58 Å². The Balaban J connectivity index is 1.34. The number of piperidine rings is 1. The molecule has 2 aromatic heterocycles. The van der Waals surface area contributed by atoms with E-state index in [0.29, 0.717) is 39.2 Å². The maximum absolute atomic E-state index is 13.2. The van der Waals surface area contributed by atoms with Crippen LogP contribution in [0.2, 0.25) is 0 Å². The summed E-state index contributed by atoms with van der Waals surface area (Å²) in [4.78, 5) is 37.2. The first kappa shape index (κ1) is 21.8. The summed E-state index contributed by atoms with van der Waals surface area (Å²) in [5, 5.41) is 4.12. The highest BCUT2D eigenvalue weighted by molar-refractivity contribution is 7.99. The molecular formula is C22H23N5O4S2. The van der Waals surface area contributed by atoms with Crippen molar-refractivity contribution >= 4 is 50.2 Å². The molecule has 0 radical (unpaired) electrons. The van der Waals surface area contributed by atoms with Crippen molar-refractivity contribution in [1.82, 2.24) is 14.5 Å². The van der Waals surface area contributed by atoms with Crippen molar-refractivity contribution < 1.29 is 14.3 Å². The normalized spacial score (nSPS) is 15.1.